The number of nitrogens with zero attached hydrogens (tertiary/aromatic N) is 2. The molecule has 7 heteroatoms. The fraction of sp³-hybridized carbons (Fsp3) is 0.500. The molecule has 3 N–H and O–H groups in total. The summed E-state index contributed by atoms with van der Waals surface area (Å²) in [6, 6.07) is 5.86. The van der Waals surface area contributed by atoms with Gasteiger partial charge in [-0.3, -0.25) is 4.98 Å². The summed E-state index contributed by atoms with van der Waals surface area (Å²) in [7, 11) is 0. The molecular formula is C22H25FN4O2. The largest absolute Gasteiger partial charge is 0.471 e. The minimum absolute atomic E-state index is 0.0269. The number of benzene rings is 1. The SMILES string of the molecule is NC(=O)NC12CC3CC(CC(C3)C1c1nccnc1OCc1cccc(F)c1)C2. The van der Waals surface area contributed by atoms with Crippen LogP contribution in [-0.2, 0) is 6.61 Å². The highest BCUT2D eigenvalue weighted by molar-refractivity contribution is 5.73. The third-order valence-electron chi connectivity index (χ3n) is 6.93. The molecule has 2 amide bonds. The molecule has 2 aromatic rings. The monoisotopic (exact) mass is 396 g/mol. The predicted molar refractivity (Wildman–Crippen MR) is 105 cm³/mol. The van der Waals surface area contributed by atoms with E-state index in [0.29, 0.717) is 23.6 Å². The minimum atomic E-state index is -0.483. The molecule has 6 rings (SSSR count). The second-order valence-corrected chi connectivity index (χ2v) is 8.90. The average Bonchev–Trinajstić information content (AvgIpc) is 2.65. The zero-order chi connectivity index (χ0) is 20.0. The molecule has 3 atom stereocenters. The topological polar surface area (TPSA) is 90.1 Å². The van der Waals surface area contributed by atoms with Crippen molar-refractivity contribution in [3.8, 4) is 5.88 Å². The van der Waals surface area contributed by atoms with Crippen LogP contribution in [0.3, 0.4) is 0 Å². The number of amides is 2. The summed E-state index contributed by atoms with van der Waals surface area (Å²) in [5.74, 6) is 1.88. The first-order chi connectivity index (χ1) is 14.0. The molecule has 4 aliphatic rings. The van der Waals surface area contributed by atoms with Gasteiger partial charge in [-0.05, 0) is 67.6 Å². The molecule has 1 heterocycles. The summed E-state index contributed by atoms with van der Waals surface area (Å²) in [6.07, 6.45) is 8.66. The van der Waals surface area contributed by atoms with Crippen molar-refractivity contribution in [1.82, 2.24) is 15.3 Å². The van der Waals surface area contributed by atoms with Crippen molar-refractivity contribution in [1.29, 1.82) is 0 Å². The fourth-order valence-electron chi connectivity index (χ4n) is 6.39. The quantitative estimate of drug-likeness (QED) is 0.809. The van der Waals surface area contributed by atoms with Gasteiger partial charge in [-0.1, -0.05) is 12.1 Å². The smallest absolute Gasteiger partial charge is 0.312 e. The van der Waals surface area contributed by atoms with Crippen molar-refractivity contribution in [3.05, 3.63) is 53.7 Å². The van der Waals surface area contributed by atoms with Gasteiger partial charge in [0.05, 0.1) is 5.54 Å². The van der Waals surface area contributed by atoms with Gasteiger partial charge >= 0.3 is 6.03 Å². The van der Waals surface area contributed by atoms with Gasteiger partial charge in [-0.15, -0.1) is 0 Å². The standard InChI is InChI=1S/C22H25FN4O2/c23-17-3-1-2-13(9-17)12-29-20-19(25-4-5-26-20)18-16-7-14-6-15(8-16)11-22(18,10-14)27-21(24)28/h1-5,9,14-16,18H,6-8,10-12H2,(H3,24,27,28). The second-order valence-electron chi connectivity index (χ2n) is 8.90. The minimum Gasteiger partial charge on any atom is -0.471 e. The van der Waals surface area contributed by atoms with E-state index in [-0.39, 0.29) is 23.9 Å². The second kappa shape index (κ2) is 6.97. The van der Waals surface area contributed by atoms with Gasteiger partial charge in [0.25, 0.3) is 0 Å². The lowest BCUT2D eigenvalue weighted by atomic mass is 9.47. The molecular weight excluding hydrogens is 371 g/mol. The Hall–Kier alpha value is -2.70. The molecule has 1 aromatic carbocycles. The van der Waals surface area contributed by atoms with E-state index in [4.69, 9.17) is 10.5 Å². The van der Waals surface area contributed by atoms with Crippen LogP contribution in [0.1, 0.15) is 49.3 Å². The van der Waals surface area contributed by atoms with Crippen LogP contribution in [0.5, 0.6) is 5.88 Å². The third kappa shape index (κ3) is 3.32. The summed E-state index contributed by atoms with van der Waals surface area (Å²) in [5.41, 5.74) is 6.72. The molecule has 4 fully saturated rings. The molecule has 0 spiro atoms. The highest BCUT2D eigenvalue weighted by Crippen LogP contribution is 2.62. The predicted octanol–water partition coefficient (Wildman–Crippen LogP) is 3.53. The van der Waals surface area contributed by atoms with Crippen molar-refractivity contribution in [2.45, 2.75) is 50.2 Å². The number of hydrogen-bond acceptors (Lipinski definition) is 4. The number of hydrogen-bond donors (Lipinski definition) is 2. The van der Waals surface area contributed by atoms with E-state index in [1.165, 1.54) is 18.6 Å². The first-order valence-electron chi connectivity index (χ1n) is 10.3. The van der Waals surface area contributed by atoms with Crippen LogP contribution in [0.25, 0.3) is 0 Å². The molecule has 3 unspecified atom stereocenters. The Balaban J connectivity index is 1.47. The molecule has 4 saturated carbocycles. The Labute approximate surface area is 169 Å². The van der Waals surface area contributed by atoms with E-state index in [1.54, 1.807) is 18.5 Å². The number of aromatic nitrogens is 2. The number of primary amides is 1. The van der Waals surface area contributed by atoms with Gasteiger partial charge in [0.15, 0.2) is 0 Å². The molecule has 6 nitrogen and oxygen atoms in total. The Morgan fingerprint density at radius 1 is 1.21 bits per heavy atom. The van der Waals surface area contributed by atoms with Gasteiger partial charge in [0.1, 0.15) is 18.1 Å². The van der Waals surface area contributed by atoms with Gasteiger partial charge in [-0.2, -0.15) is 0 Å². The molecule has 152 valence electrons. The first-order valence-corrected chi connectivity index (χ1v) is 10.3. The van der Waals surface area contributed by atoms with Gasteiger partial charge in [0, 0.05) is 18.3 Å². The lowest BCUT2D eigenvalue weighted by Crippen LogP contribution is -2.65. The summed E-state index contributed by atoms with van der Waals surface area (Å²) < 4.78 is 19.5. The Morgan fingerprint density at radius 3 is 2.69 bits per heavy atom. The first kappa shape index (κ1) is 18.3. The van der Waals surface area contributed by atoms with Gasteiger partial charge in [-0.25, -0.2) is 14.2 Å². The number of nitrogens with one attached hydrogen (secondary N) is 1. The van der Waals surface area contributed by atoms with Crippen molar-refractivity contribution < 1.29 is 13.9 Å². The number of urea groups is 1. The number of carbonyl (C=O) groups excluding carboxylic acids is 1. The van der Waals surface area contributed by atoms with Crippen molar-refractivity contribution in [2.75, 3.05) is 0 Å². The van der Waals surface area contributed by atoms with Crippen LogP contribution in [0, 0.1) is 23.6 Å². The zero-order valence-electron chi connectivity index (χ0n) is 16.2. The molecule has 0 saturated heterocycles. The van der Waals surface area contributed by atoms with E-state index in [2.05, 4.69) is 15.3 Å². The summed E-state index contributed by atoms with van der Waals surface area (Å²) in [6.45, 7) is 0.211. The molecule has 0 radical (unpaired) electrons. The molecule has 4 bridgehead atoms. The third-order valence-corrected chi connectivity index (χ3v) is 6.93. The lowest BCUT2D eigenvalue weighted by Gasteiger charge is -2.60. The fourth-order valence-corrected chi connectivity index (χ4v) is 6.39. The Bertz CT molecular complexity index is 923. The number of halogens is 1. The molecule has 1 aromatic heterocycles. The highest BCUT2D eigenvalue weighted by Gasteiger charge is 2.59. The maximum absolute atomic E-state index is 13.5. The Kier molecular flexibility index (Phi) is 4.41. The number of rotatable bonds is 5. The van der Waals surface area contributed by atoms with E-state index < -0.39 is 6.03 Å². The summed E-state index contributed by atoms with van der Waals surface area (Å²) >= 11 is 0. The number of nitrogens with two attached hydrogens (primary N) is 1. The molecule has 4 aliphatic carbocycles. The molecule has 0 aliphatic heterocycles. The lowest BCUT2D eigenvalue weighted by molar-refractivity contribution is -0.0374. The maximum Gasteiger partial charge on any atom is 0.312 e. The van der Waals surface area contributed by atoms with Crippen LogP contribution in [0.4, 0.5) is 9.18 Å². The summed E-state index contributed by atoms with van der Waals surface area (Å²) in [4.78, 5) is 21.0. The van der Waals surface area contributed by atoms with Crippen molar-refractivity contribution in [2.24, 2.45) is 23.5 Å². The number of ether oxygens (including phenoxy) is 1. The highest BCUT2D eigenvalue weighted by atomic mass is 19.1. The Morgan fingerprint density at radius 2 is 1.97 bits per heavy atom. The van der Waals surface area contributed by atoms with E-state index in [0.717, 1.165) is 36.9 Å². The van der Waals surface area contributed by atoms with Gasteiger partial charge in [0.2, 0.25) is 5.88 Å². The van der Waals surface area contributed by atoms with E-state index in [9.17, 15) is 9.18 Å². The number of carbonyl (C=O) groups is 1. The van der Waals surface area contributed by atoms with E-state index >= 15 is 0 Å². The van der Waals surface area contributed by atoms with Crippen LogP contribution >= 0.6 is 0 Å². The van der Waals surface area contributed by atoms with Crippen molar-refractivity contribution in [3.63, 3.8) is 0 Å². The van der Waals surface area contributed by atoms with Crippen LogP contribution in [0.2, 0.25) is 0 Å². The average molecular weight is 396 g/mol. The van der Waals surface area contributed by atoms with E-state index in [1.807, 2.05) is 6.07 Å². The summed E-state index contributed by atoms with van der Waals surface area (Å²) in [5, 5.41) is 3.11. The maximum atomic E-state index is 13.5. The van der Waals surface area contributed by atoms with Gasteiger partial charge < -0.3 is 15.8 Å². The normalized spacial score (nSPS) is 32.2. The van der Waals surface area contributed by atoms with Crippen LogP contribution in [-0.4, -0.2) is 21.5 Å². The van der Waals surface area contributed by atoms with Crippen LogP contribution < -0.4 is 15.8 Å². The molecule has 29 heavy (non-hydrogen) atoms. The van der Waals surface area contributed by atoms with Crippen molar-refractivity contribution >= 4 is 6.03 Å². The van der Waals surface area contributed by atoms with Crippen LogP contribution in [0.15, 0.2) is 36.7 Å². The zero-order valence-corrected chi connectivity index (χ0v) is 16.2.